The van der Waals surface area contributed by atoms with Crippen LogP contribution < -0.4 is 11.1 Å². The maximum Gasteiger partial charge on any atom is 0.000840 e. The molecule has 2 fully saturated rings. The van der Waals surface area contributed by atoms with Crippen molar-refractivity contribution < 1.29 is 0 Å². The fraction of sp³-hybridized carbons (Fsp3) is 1.00. The van der Waals surface area contributed by atoms with Crippen LogP contribution in [0.5, 0.6) is 0 Å². The van der Waals surface area contributed by atoms with Crippen molar-refractivity contribution in [3.63, 3.8) is 0 Å². The Morgan fingerprint density at radius 2 is 2.36 bits per heavy atom. The van der Waals surface area contributed by atoms with Crippen LogP contribution in [0.4, 0.5) is 0 Å². The van der Waals surface area contributed by atoms with Gasteiger partial charge in [-0.1, -0.05) is 0 Å². The zero-order valence-corrected chi connectivity index (χ0v) is 7.10. The molecule has 0 radical (unpaired) electrons. The Morgan fingerprint density at radius 1 is 1.45 bits per heavy atom. The van der Waals surface area contributed by atoms with Crippen LogP contribution in [-0.4, -0.2) is 19.6 Å². The fourth-order valence-corrected chi connectivity index (χ4v) is 2.71. The Hall–Kier alpha value is -0.0800. The van der Waals surface area contributed by atoms with Crippen LogP contribution in [0.3, 0.4) is 0 Å². The molecule has 0 aromatic rings. The molecule has 1 saturated heterocycles. The minimum Gasteiger partial charge on any atom is -0.330 e. The van der Waals surface area contributed by atoms with Gasteiger partial charge in [0.05, 0.1) is 0 Å². The van der Waals surface area contributed by atoms with Gasteiger partial charge in [0, 0.05) is 6.54 Å². The molecule has 1 aliphatic carbocycles. The van der Waals surface area contributed by atoms with E-state index in [9.17, 15) is 0 Å². The monoisotopic (exact) mass is 154 g/mol. The zero-order chi connectivity index (χ0) is 7.73. The second kappa shape index (κ2) is 2.76. The van der Waals surface area contributed by atoms with Gasteiger partial charge in [-0.3, -0.25) is 0 Å². The van der Waals surface area contributed by atoms with Gasteiger partial charge in [0.25, 0.3) is 0 Å². The van der Waals surface area contributed by atoms with Crippen LogP contribution in [0.15, 0.2) is 0 Å². The second-order valence-corrected chi connectivity index (χ2v) is 4.27. The van der Waals surface area contributed by atoms with Crippen molar-refractivity contribution in [1.82, 2.24) is 5.32 Å². The molecule has 2 rings (SSSR count). The van der Waals surface area contributed by atoms with Crippen LogP contribution in [0.1, 0.15) is 25.7 Å². The molecular formula is C9H18N2. The molecule has 64 valence electrons. The number of hydrogen-bond acceptors (Lipinski definition) is 2. The lowest BCUT2D eigenvalue weighted by molar-refractivity contribution is 0.321. The summed E-state index contributed by atoms with van der Waals surface area (Å²) in [6.07, 6.45) is 5.57. The molecule has 2 heteroatoms. The first-order chi connectivity index (χ1) is 5.35. The third-order valence-corrected chi connectivity index (χ3v) is 3.47. The predicted molar refractivity (Wildman–Crippen MR) is 46.3 cm³/mol. The van der Waals surface area contributed by atoms with Crippen molar-refractivity contribution in [1.29, 1.82) is 0 Å². The second-order valence-electron chi connectivity index (χ2n) is 4.27. The van der Waals surface area contributed by atoms with Gasteiger partial charge < -0.3 is 11.1 Å². The van der Waals surface area contributed by atoms with Gasteiger partial charge in [0.15, 0.2) is 0 Å². The highest BCUT2D eigenvalue weighted by Crippen LogP contribution is 2.45. The Morgan fingerprint density at radius 3 is 2.91 bits per heavy atom. The van der Waals surface area contributed by atoms with Gasteiger partial charge in [0.1, 0.15) is 0 Å². The van der Waals surface area contributed by atoms with Crippen LogP contribution in [0, 0.1) is 11.3 Å². The minimum atomic E-state index is 0.671. The van der Waals surface area contributed by atoms with E-state index < -0.39 is 0 Å². The summed E-state index contributed by atoms with van der Waals surface area (Å²) in [7, 11) is 0. The van der Waals surface area contributed by atoms with Crippen LogP contribution in [0.25, 0.3) is 0 Å². The van der Waals surface area contributed by atoms with Crippen LogP contribution in [0.2, 0.25) is 0 Å². The van der Waals surface area contributed by atoms with Gasteiger partial charge in [0.2, 0.25) is 0 Å². The molecule has 11 heavy (non-hydrogen) atoms. The van der Waals surface area contributed by atoms with Gasteiger partial charge in [-0.05, 0) is 50.1 Å². The molecule has 1 aliphatic heterocycles. The van der Waals surface area contributed by atoms with Crippen molar-refractivity contribution >= 4 is 0 Å². The predicted octanol–water partition coefficient (Wildman–Crippen LogP) is 0.725. The highest BCUT2D eigenvalue weighted by atomic mass is 14.9. The van der Waals surface area contributed by atoms with E-state index in [1.54, 1.807) is 0 Å². The Kier molecular flexibility index (Phi) is 1.90. The van der Waals surface area contributed by atoms with Crippen molar-refractivity contribution in [2.45, 2.75) is 25.7 Å². The van der Waals surface area contributed by atoms with Crippen LogP contribution >= 0.6 is 0 Å². The standard InChI is InChI=1S/C9H18N2/c10-6-8-1-2-9(5-8)3-4-11-7-9/h8,11H,1-7,10H2/t8-,9+/m0/s1. The summed E-state index contributed by atoms with van der Waals surface area (Å²) in [5.74, 6) is 0.829. The average molecular weight is 154 g/mol. The number of rotatable bonds is 1. The summed E-state index contributed by atoms with van der Waals surface area (Å²) in [4.78, 5) is 0. The summed E-state index contributed by atoms with van der Waals surface area (Å²) in [6.45, 7) is 3.39. The molecular weight excluding hydrogens is 136 g/mol. The molecule has 2 aliphatic rings. The fourth-order valence-electron chi connectivity index (χ4n) is 2.71. The number of nitrogens with two attached hydrogens (primary N) is 1. The smallest absolute Gasteiger partial charge is 0.000840 e. The normalized spacial score (nSPS) is 43.9. The van der Waals surface area contributed by atoms with Crippen molar-refractivity contribution in [3.8, 4) is 0 Å². The summed E-state index contributed by atoms with van der Waals surface area (Å²) in [5.41, 5.74) is 6.33. The molecule has 1 heterocycles. The summed E-state index contributed by atoms with van der Waals surface area (Å²) >= 11 is 0. The first-order valence-corrected chi connectivity index (χ1v) is 4.75. The number of hydrogen-bond donors (Lipinski definition) is 2. The quantitative estimate of drug-likeness (QED) is 0.584. The van der Waals surface area contributed by atoms with Crippen LogP contribution in [-0.2, 0) is 0 Å². The summed E-state index contributed by atoms with van der Waals surface area (Å²) in [5, 5.41) is 3.46. The van der Waals surface area contributed by atoms with E-state index in [4.69, 9.17) is 5.73 Å². The lowest BCUT2D eigenvalue weighted by atomic mass is 9.84. The molecule has 0 amide bonds. The van der Waals surface area contributed by atoms with E-state index >= 15 is 0 Å². The molecule has 3 N–H and O–H groups in total. The van der Waals surface area contributed by atoms with Gasteiger partial charge >= 0.3 is 0 Å². The van der Waals surface area contributed by atoms with E-state index in [1.165, 1.54) is 38.8 Å². The molecule has 2 nitrogen and oxygen atoms in total. The molecule has 2 atom stereocenters. The van der Waals surface area contributed by atoms with Gasteiger partial charge in [-0.15, -0.1) is 0 Å². The molecule has 1 spiro atoms. The van der Waals surface area contributed by atoms with E-state index in [2.05, 4.69) is 5.32 Å². The van der Waals surface area contributed by atoms with Crippen molar-refractivity contribution in [2.75, 3.05) is 19.6 Å². The third-order valence-electron chi connectivity index (χ3n) is 3.47. The molecule has 0 aromatic heterocycles. The lowest BCUT2D eigenvalue weighted by Crippen LogP contribution is -2.21. The summed E-state index contributed by atoms with van der Waals surface area (Å²) in [6, 6.07) is 0. The molecule has 0 unspecified atom stereocenters. The SMILES string of the molecule is NC[C@H]1CC[C@@]2(CCNC2)C1. The van der Waals surface area contributed by atoms with E-state index in [1.807, 2.05) is 0 Å². The largest absolute Gasteiger partial charge is 0.330 e. The van der Waals surface area contributed by atoms with E-state index in [0.717, 1.165) is 12.5 Å². The molecule has 1 saturated carbocycles. The summed E-state index contributed by atoms with van der Waals surface area (Å²) < 4.78 is 0. The maximum atomic E-state index is 5.66. The topological polar surface area (TPSA) is 38.0 Å². The number of nitrogens with one attached hydrogen (secondary N) is 1. The van der Waals surface area contributed by atoms with Crippen molar-refractivity contribution in [2.24, 2.45) is 17.1 Å². The minimum absolute atomic E-state index is 0.671. The van der Waals surface area contributed by atoms with Crippen molar-refractivity contribution in [3.05, 3.63) is 0 Å². The van der Waals surface area contributed by atoms with E-state index in [0.29, 0.717) is 5.41 Å². The lowest BCUT2D eigenvalue weighted by Gasteiger charge is -2.21. The third kappa shape index (κ3) is 1.30. The Labute approximate surface area is 68.5 Å². The first kappa shape index (κ1) is 7.56. The highest BCUT2D eigenvalue weighted by molar-refractivity contribution is 4.94. The zero-order valence-electron chi connectivity index (χ0n) is 7.10. The maximum absolute atomic E-state index is 5.66. The van der Waals surface area contributed by atoms with Gasteiger partial charge in [-0.2, -0.15) is 0 Å². The van der Waals surface area contributed by atoms with E-state index in [-0.39, 0.29) is 0 Å². The average Bonchev–Trinajstić information content (AvgIpc) is 2.62. The Balaban J connectivity index is 1.96. The Bertz CT molecular complexity index is 138. The molecule has 0 bridgehead atoms. The highest BCUT2D eigenvalue weighted by Gasteiger charge is 2.40. The molecule has 0 aromatic carbocycles. The first-order valence-electron chi connectivity index (χ1n) is 4.75. The van der Waals surface area contributed by atoms with Gasteiger partial charge in [-0.25, -0.2) is 0 Å².